The van der Waals surface area contributed by atoms with Gasteiger partial charge in [0.25, 0.3) is 0 Å². The summed E-state index contributed by atoms with van der Waals surface area (Å²) in [5, 5.41) is 12.5. The van der Waals surface area contributed by atoms with E-state index in [0.29, 0.717) is 0 Å². The van der Waals surface area contributed by atoms with Crippen LogP contribution in [0, 0.1) is 48.5 Å². The van der Waals surface area contributed by atoms with Crippen LogP contribution in [0.4, 0.5) is 0 Å². The van der Waals surface area contributed by atoms with Crippen LogP contribution in [0.2, 0.25) is 0 Å². The highest BCUT2D eigenvalue weighted by molar-refractivity contribution is 5.21. The summed E-state index contributed by atoms with van der Waals surface area (Å²) in [6.07, 6.45) is 4.02. The van der Waals surface area contributed by atoms with Crippen LogP contribution < -0.4 is 0 Å². The summed E-state index contributed by atoms with van der Waals surface area (Å²) in [4.78, 5) is 0. The molecule has 0 spiro atoms. The van der Waals surface area contributed by atoms with Gasteiger partial charge in [-0.2, -0.15) is 15.3 Å². The van der Waals surface area contributed by atoms with Crippen LogP contribution in [-0.4, -0.2) is 29.3 Å². The topological polar surface area (TPSA) is 53.5 Å². The Hall–Kier alpha value is -2.37. The van der Waals surface area contributed by atoms with Crippen molar-refractivity contribution < 1.29 is 0 Å². The van der Waals surface area contributed by atoms with Crippen molar-refractivity contribution in [2.75, 3.05) is 0 Å². The fourth-order valence-corrected chi connectivity index (χ4v) is 2.32. The van der Waals surface area contributed by atoms with Gasteiger partial charge in [-0.1, -0.05) is 0 Å². The fraction of sp³-hybridized carbons (Fsp3) is 0.526. The van der Waals surface area contributed by atoms with Gasteiger partial charge in [-0.25, -0.2) is 0 Å². The Morgan fingerprint density at radius 3 is 1.08 bits per heavy atom. The lowest BCUT2D eigenvalue weighted by Crippen LogP contribution is -1.92. The van der Waals surface area contributed by atoms with E-state index in [0.717, 1.165) is 17.1 Å². The van der Waals surface area contributed by atoms with Crippen molar-refractivity contribution in [2.24, 2.45) is 21.1 Å². The smallest absolute Gasteiger partial charge is 0.0625 e. The second-order valence-electron chi connectivity index (χ2n) is 6.56. The predicted molar refractivity (Wildman–Crippen MR) is 103 cm³/mol. The number of rotatable bonds is 0. The van der Waals surface area contributed by atoms with Crippen LogP contribution in [0.1, 0.15) is 39.5 Å². The van der Waals surface area contributed by atoms with Crippen molar-refractivity contribution in [1.29, 1.82) is 0 Å². The van der Waals surface area contributed by atoms with Gasteiger partial charge >= 0.3 is 0 Å². The first kappa shape index (κ1) is 20.7. The summed E-state index contributed by atoms with van der Waals surface area (Å²) in [5.41, 5.74) is 8.44. The molecule has 0 bridgehead atoms. The van der Waals surface area contributed by atoms with Crippen molar-refractivity contribution in [3.8, 4) is 0 Å². The van der Waals surface area contributed by atoms with Gasteiger partial charge in [0.05, 0.1) is 17.1 Å². The molecule has 138 valence electrons. The van der Waals surface area contributed by atoms with Gasteiger partial charge in [0.2, 0.25) is 0 Å². The number of hydrogen-bond donors (Lipinski definition) is 0. The van der Waals surface area contributed by atoms with Gasteiger partial charge in [-0.3, -0.25) is 14.0 Å². The molecule has 0 N–H and O–H groups in total. The summed E-state index contributed by atoms with van der Waals surface area (Å²) in [6, 6.07) is 0. The van der Waals surface area contributed by atoms with Gasteiger partial charge in [-0.15, -0.1) is 0 Å². The van der Waals surface area contributed by atoms with E-state index in [2.05, 4.69) is 43.0 Å². The van der Waals surface area contributed by atoms with Gasteiger partial charge in [-0.05, 0) is 65.2 Å². The molecule has 0 unspecified atom stereocenters. The molecule has 0 aliphatic carbocycles. The van der Waals surface area contributed by atoms with Crippen molar-refractivity contribution in [2.45, 2.75) is 48.5 Å². The molecule has 0 fully saturated rings. The van der Waals surface area contributed by atoms with E-state index in [1.807, 2.05) is 68.4 Å². The number of nitrogens with zero attached hydrogens (tertiary/aromatic N) is 6. The maximum absolute atomic E-state index is 4.23. The molecule has 0 radical (unpaired) electrons. The molecule has 0 saturated heterocycles. The molecule has 6 nitrogen and oxygen atoms in total. The van der Waals surface area contributed by atoms with E-state index in [1.54, 1.807) is 0 Å². The Morgan fingerprint density at radius 2 is 1.00 bits per heavy atom. The van der Waals surface area contributed by atoms with Crippen molar-refractivity contribution in [3.05, 3.63) is 51.9 Å². The molecule has 3 heterocycles. The average Bonchev–Trinajstić information content (AvgIpc) is 3.05. The van der Waals surface area contributed by atoms with E-state index in [9.17, 15) is 0 Å². The van der Waals surface area contributed by atoms with Crippen molar-refractivity contribution in [3.63, 3.8) is 0 Å². The molecule has 0 amide bonds. The lowest BCUT2D eigenvalue weighted by Gasteiger charge is -1.90. The Kier molecular flexibility index (Phi) is 7.15. The van der Waals surface area contributed by atoms with E-state index in [-0.39, 0.29) is 0 Å². The van der Waals surface area contributed by atoms with Gasteiger partial charge in [0.1, 0.15) is 0 Å². The van der Waals surface area contributed by atoms with E-state index in [1.165, 1.54) is 22.4 Å². The summed E-state index contributed by atoms with van der Waals surface area (Å²) in [6.45, 7) is 14.3. The molecule has 3 aromatic heterocycles. The third-order valence-corrected chi connectivity index (χ3v) is 4.39. The first-order valence-corrected chi connectivity index (χ1v) is 8.43. The normalized spacial score (nSPS) is 10.0. The molecule has 25 heavy (non-hydrogen) atoms. The minimum Gasteiger partial charge on any atom is -0.275 e. The first-order valence-electron chi connectivity index (χ1n) is 8.43. The maximum Gasteiger partial charge on any atom is 0.0625 e. The van der Waals surface area contributed by atoms with Gasteiger partial charge < -0.3 is 0 Å². The Morgan fingerprint density at radius 1 is 0.600 bits per heavy atom. The number of hydrogen-bond acceptors (Lipinski definition) is 3. The van der Waals surface area contributed by atoms with E-state index < -0.39 is 0 Å². The molecule has 0 aliphatic heterocycles. The molecule has 3 aromatic rings. The number of aromatic nitrogens is 6. The van der Waals surface area contributed by atoms with Crippen molar-refractivity contribution in [1.82, 2.24) is 29.3 Å². The molecule has 6 heteroatoms. The van der Waals surface area contributed by atoms with Gasteiger partial charge in [0, 0.05) is 39.2 Å². The summed E-state index contributed by atoms with van der Waals surface area (Å²) in [7, 11) is 5.83. The quantitative estimate of drug-likeness (QED) is 0.628. The lowest BCUT2D eigenvalue weighted by molar-refractivity contribution is 0.730. The third-order valence-electron chi connectivity index (χ3n) is 4.39. The minimum absolute atomic E-state index is 1.12. The van der Waals surface area contributed by atoms with Crippen LogP contribution in [0.3, 0.4) is 0 Å². The number of aryl methyl sites for hydroxylation is 8. The SMILES string of the molecule is Cc1cn(C)nc1C.Cc1cn(C)nc1C.Cc1nn(C)c(C)c1C. The van der Waals surface area contributed by atoms with Crippen LogP contribution in [0.5, 0.6) is 0 Å². The lowest BCUT2D eigenvalue weighted by atomic mass is 10.2. The zero-order chi connectivity index (χ0) is 19.3. The highest BCUT2D eigenvalue weighted by atomic mass is 15.3. The first-order chi connectivity index (χ1) is 11.5. The van der Waals surface area contributed by atoms with E-state index in [4.69, 9.17) is 0 Å². The largest absolute Gasteiger partial charge is 0.275 e. The standard InChI is InChI=1S/C7H12N2.2C6H10N2/c1-5-6(2)8-9(4)7(5)3;2*1-5-4-8(3)7-6(5)2/h1-4H3;2*4H,1-3H3. The fourth-order valence-electron chi connectivity index (χ4n) is 2.32. The zero-order valence-electron chi connectivity index (χ0n) is 17.3. The van der Waals surface area contributed by atoms with Crippen molar-refractivity contribution >= 4 is 0 Å². The Balaban J connectivity index is 0.000000188. The van der Waals surface area contributed by atoms with Crippen LogP contribution in [0.25, 0.3) is 0 Å². The average molecular weight is 345 g/mol. The molecule has 0 aliphatic rings. The Labute approximate surface area is 151 Å². The van der Waals surface area contributed by atoms with Gasteiger partial charge in [0.15, 0.2) is 0 Å². The van der Waals surface area contributed by atoms with Crippen LogP contribution >= 0.6 is 0 Å². The van der Waals surface area contributed by atoms with Crippen LogP contribution in [0.15, 0.2) is 12.4 Å². The minimum atomic E-state index is 1.12. The maximum atomic E-state index is 4.23. The second-order valence-corrected chi connectivity index (χ2v) is 6.56. The predicted octanol–water partition coefficient (Wildman–Crippen LogP) is 3.42. The second kappa shape index (κ2) is 8.65. The highest BCUT2D eigenvalue weighted by Crippen LogP contribution is 2.08. The third kappa shape index (κ3) is 5.89. The summed E-state index contributed by atoms with van der Waals surface area (Å²) < 4.78 is 5.56. The summed E-state index contributed by atoms with van der Waals surface area (Å²) in [5.74, 6) is 0. The zero-order valence-corrected chi connectivity index (χ0v) is 17.3. The molecule has 0 aromatic carbocycles. The highest BCUT2D eigenvalue weighted by Gasteiger charge is 2.01. The molecule has 3 rings (SSSR count). The molecule has 0 saturated carbocycles. The monoisotopic (exact) mass is 344 g/mol. The summed E-state index contributed by atoms with van der Waals surface area (Å²) >= 11 is 0. The molecule has 0 atom stereocenters. The molecular weight excluding hydrogens is 312 g/mol. The van der Waals surface area contributed by atoms with Crippen LogP contribution in [-0.2, 0) is 21.1 Å². The molecular formula is C19H32N6. The Bertz CT molecular complexity index is 714. The van der Waals surface area contributed by atoms with E-state index >= 15 is 0 Å².